The molecule has 4 rings (SSSR count). The lowest BCUT2D eigenvalue weighted by molar-refractivity contribution is -0.172. The number of aliphatic hydroxyl groups excluding tert-OH is 2. The zero-order valence-electron chi connectivity index (χ0n) is 26.4. The number of rotatable bonds is 9. The van der Waals surface area contributed by atoms with Crippen LogP contribution in [0.2, 0.25) is 0 Å². The molecule has 3 aliphatic rings. The molecule has 1 aromatic rings. The van der Waals surface area contributed by atoms with E-state index in [1.165, 1.54) is 26.4 Å². The monoisotopic (exact) mass is 615 g/mol. The average molecular weight is 616 g/mol. The van der Waals surface area contributed by atoms with Crippen LogP contribution in [0.3, 0.4) is 0 Å². The van der Waals surface area contributed by atoms with Crippen LogP contribution in [-0.2, 0) is 33.3 Å². The van der Waals surface area contributed by atoms with E-state index in [1.54, 1.807) is 26.1 Å². The Morgan fingerprint density at radius 1 is 1.16 bits per heavy atom. The lowest BCUT2D eigenvalue weighted by atomic mass is 9.69. The molecule has 11 atom stereocenters. The minimum atomic E-state index is -0.903. The summed E-state index contributed by atoms with van der Waals surface area (Å²) in [6.07, 6.45) is 6.50. The molecule has 1 spiro atoms. The van der Waals surface area contributed by atoms with E-state index in [2.05, 4.69) is 9.72 Å². The summed E-state index contributed by atoms with van der Waals surface area (Å²) >= 11 is 0. The van der Waals surface area contributed by atoms with Crippen molar-refractivity contribution in [2.45, 2.75) is 89.7 Å². The van der Waals surface area contributed by atoms with Gasteiger partial charge in [0.1, 0.15) is 24.0 Å². The van der Waals surface area contributed by atoms with Gasteiger partial charge in [0.15, 0.2) is 6.10 Å². The first-order chi connectivity index (χ1) is 20.8. The number of ether oxygens (including phenoxy) is 5. The zero-order chi connectivity index (χ0) is 32.3. The highest BCUT2D eigenvalue weighted by molar-refractivity contribution is 5.90. The number of hydrogen-bond donors (Lipinski definition) is 3. The van der Waals surface area contributed by atoms with E-state index in [-0.39, 0.29) is 29.9 Å². The Morgan fingerprint density at radius 3 is 2.52 bits per heavy atom. The van der Waals surface area contributed by atoms with Crippen LogP contribution >= 0.6 is 0 Å². The molecular weight excluding hydrogens is 570 g/mol. The second-order valence-electron chi connectivity index (χ2n) is 12.3. The molecule has 1 aliphatic carbocycles. The summed E-state index contributed by atoms with van der Waals surface area (Å²) in [6.45, 7) is 8.92. The number of aromatic amines is 1. The van der Waals surface area contributed by atoms with Crippen molar-refractivity contribution in [1.82, 2.24) is 4.98 Å². The standard InChI is InChI=1S/C33H45NO10/c1-17-12-18(2)33-15-23(9-10-24(33)14-26(40-6)32(39)42-28(17)21(5)36)30(44-33)29(19(3)20(4)35)43-31(38)25-13-22(16-34-25)8-11-27(37)41-7/h8-13,16-17,19-21,23-24,26,28-30,34-36H,14-15H2,1-7H3/b11-8+,18-12+/t17-,19-,20+,21?,23-,24?,26+,28+,29-,30-,33+/m1/s1. The van der Waals surface area contributed by atoms with Gasteiger partial charge in [0.25, 0.3) is 0 Å². The third kappa shape index (κ3) is 6.86. The molecule has 1 fully saturated rings. The molecule has 2 bridgehead atoms. The fourth-order valence-corrected chi connectivity index (χ4v) is 6.62. The van der Waals surface area contributed by atoms with Crippen LogP contribution in [0.1, 0.15) is 63.5 Å². The number of aliphatic hydroxyl groups is 2. The minimum Gasteiger partial charge on any atom is -0.466 e. The zero-order valence-corrected chi connectivity index (χ0v) is 26.4. The Bertz CT molecular complexity index is 1300. The third-order valence-electron chi connectivity index (χ3n) is 9.32. The summed E-state index contributed by atoms with van der Waals surface area (Å²) in [4.78, 5) is 40.9. The lowest BCUT2D eigenvalue weighted by Gasteiger charge is -2.41. The van der Waals surface area contributed by atoms with Crippen molar-refractivity contribution >= 4 is 24.0 Å². The highest BCUT2D eigenvalue weighted by atomic mass is 16.6. The molecule has 1 aromatic heterocycles. The van der Waals surface area contributed by atoms with Crippen molar-refractivity contribution in [3.8, 4) is 0 Å². The van der Waals surface area contributed by atoms with Crippen LogP contribution in [0.5, 0.6) is 0 Å². The summed E-state index contributed by atoms with van der Waals surface area (Å²) in [6, 6.07) is 1.56. The van der Waals surface area contributed by atoms with Crippen molar-refractivity contribution in [3.63, 3.8) is 0 Å². The summed E-state index contributed by atoms with van der Waals surface area (Å²) in [5, 5.41) is 21.1. The Labute approximate surface area is 258 Å². The van der Waals surface area contributed by atoms with Gasteiger partial charge in [-0.05, 0) is 56.9 Å². The summed E-state index contributed by atoms with van der Waals surface area (Å²) in [5.41, 5.74) is 0.848. The number of hydrogen-bond acceptors (Lipinski definition) is 10. The van der Waals surface area contributed by atoms with Crippen molar-refractivity contribution in [3.05, 3.63) is 53.4 Å². The maximum atomic E-state index is 13.4. The maximum Gasteiger partial charge on any atom is 0.355 e. The summed E-state index contributed by atoms with van der Waals surface area (Å²) < 4.78 is 29.0. The number of esters is 3. The van der Waals surface area contributed by atoms with Crippen LogP contribution in [0, 0.1) is 23.7 Å². The van der Waals surface area contributed by atoms with E-state index < -0.39 is 66.1 Å². The Hall–Kier alpha value is -3.25. The van der Waals surface area contributed by atoms with Gasteiger partial charge in [-0.15, -0.1) is 0 Å². The van der Waals surface area contributed by atoms with Gasteiger partial charge in [0.05, 0.1) is 24.9 Å². The van der Waals surface area contributed by atoms with Gasteiger partial charge in [0.2, 0.25) is 0 Å². The van der Waals surface area contributed by atoms with Gasteiger partial charge >= 0.3 is 17.9 Å². The molecule has 0 amide bonds. The number of carbonyl (C=O) groups excluding carboxylic acids is 3. The number of fused-ring (bicyclic) bond motifs is 1. The van der Waals surface area contributed by atoms with Gasteiger partial charge in [-0.3, -0.25) is 0 Å². The fourth-order valence-electron chi connectivity index (χ4n) is 6.62. The summed E-state index contributed by atoms with van der Waals surface area (Å²) in [5.74, 6) is -2.89. The Balaban J connectivity index is 1.67. The smallest absolute Gasteiger partial charge is 0.355 e. The number of nitrogens with one attached hydrogen (secondary N) is 1. The molecule has 0 aromatic carbocycles. The van der Waals surface area contributed by atoms with Gasteiger partial charge in [-0.25, -0.2) is 14.4 Å². The SMILES string of the molecule is COC(=O)/C=C/c1c[nH]c(C(=O)O[C@H]([C@H](C)[C@H](C)O)[C@@H]2O[C@]34C[C@H]2C=CC3C[C@H](OC)C(=O)O[C@H](C(C)O)[C@H](C)/C=C/4C)c1. The highest BCUT2D eigenvalue weighted by Gasteiger charge is 2.57. The molecule has 2 unspecified atom stereocenters. The number of aromatic nitrogens is 1. The molecule has 44 heavy (non-hydrogen) atoms. The first-order valence-electron chi connectivity index (χ1n) is 15.1. The summed E-state index contributed by atoms with van der Waals surface area (Å²) in [7, 11) is 2.74. The third-order valence-corrected chi connectivity index (χ3v) is 9.32. The highest BCUT2D eigenvalue weighted by Crippen LogP contribution is 2.53. The Morgan fingerprint density at radius 2 is 1.89 bits per heavy atom. The first kappa shape index (κ1) is 33.6. The van der Waals surface area contributed by atoms with E-state index >= 15 is 0 Å². The number of cyclic esters (lactones) is 1. The minimum absolute atomic E-state index is 0.144. The van der Waals surface area contributed by atoms with Crippen molar-refractivity contribution in [1.29, 1.82) is 0 Å². The topological polar surface area (TPSA) is 154 Å². The number of carbonyl (C=O) groups is 3. The predicted molar refractivity (Wildman–Crippen MR) is 160 cm³/mol. The molecule has 11 heteroatoms. The van der Waals surface area contributed by atoms with Crippen LogP contribution in [0.4, 0.5) is 0 Å². The molecule has 0 radical (unpaired) electrons. The van der Waals surface area contributed by atoms with Crippen LogP contribution in [0.15, 0.2) is 42.1 Å². The normalized spacial score (nSPS) is 34.2. The fraction of sp³-hybridized carbons (Fsp3) is 0.606. The molecule has 0 saturated carbocycles. The number of methoxy groups -OCH3 is 2. The second-order valence-corrected chi connectivity index (χ2v) is 12.3. The molecule has 1 saturated heterocycles. The van der Waals surface area contributed by atoms with Crippen molar-refractivity contribution in [2.24, 2.45) is 23.7 Å². The first-order valence-corrected chi connectivity index (χ1v) is 15.1. The molecule has 11 nitrogen and oxygen atoms in total. The van der Waals surface area contributed by atoms with E-state index in [4.69, 9.17) is 18.9 Å². The molecule has 2 aliphatic heterocycles. The molecule has 242 valence electrons. The van der Waals surface area contributed by atoms with E-state index in [0.29, 0.717) is 12.0 Å². The predicted octanol–water partition coefficient (Wildman–Crippen LogP) is 3.37. The van der Waals surface area contributed by atoms with Gasteiger partial charge in [0, 0.05) is 43.1 Å². The molecule has 3 heterocycles. The number of H-pyrrole nitrogens is 1. The molecular formula is C33H45NO10. The van der Waals surface area contributed by atoms with Crippen molar-refractivity contribution in [2.75, 3.05) is 14.2 Å². The lowest BCUT2D eigenvalue weighted by Crippen LogP contribution is -2.47. The van der Waals surface area contributed by atoms with Crippen LogP contribution in [0.25, 0.3) is 6.08 Å². The average Bonchev–Trinajstić information content (AvgIpc) is 3.59. The van der Waals surface area contributed by atoms with Crippen LogP contribution in [-0.4, -0.2) is 89.5 Å². The quantitative estimate of drug-likeness (QED) is 0.163. The van der Waals surface area contributed by atoms with Gasteiger partial charge in [-0.1, -0.05) is 32.1 Å². The van der Waals surface area contributed by atoms with Crippen LogP contribution < -0.4 is 0 Å². The van der Waals surface area contributed by atoms with Gasteiger partial charge < -0.3 is 38.9 Å². The molecule has 3 N–H and O–H groups in total. The van der Waals surface area contributed by atoms with E-state index in [9.17, 15) is 24.6 Å². The van der Waals surface area contributed by atoms with Gasteiger partial charge in [-0.2, -0.15) is 0 Å². The van der Waals surface area contributed by atoms with E-state index in [1.807, 2.05) is 39.0 Å². The van der Waals surface area contributed by atoms with Crippen molar-refractivity contribution < 1.29 is 48.3 Å². The Kier molecular flexibility index (Phi) is 10.6. The largest absolute Gasteiger partial charge is 0.466 e. The maximum absolute atomic E-state index is 13.4. The second kappa shape index (κ2) is 13.8. The van der Waals surface area contributed by atoms with E-state index in [0.717, 1.165) is 5.57 Å².